The molecule has 2 rings (SSSR count). The van der Waals surface area contributed by atoms with Gasteiger partial charge in [-0.15, -0.1) is 0 Å². The van der Waals surface area contributed by atoms with E-state index >= 15 is 0 Å². The molecule has 0 saturated heterocycles. The summed E-state index contributed by atoms with van der Waals surface area (Å²) in [6, 6.07) is 1.74. The number of hydrogen-bond acceptors (Lipinski definition) is 4. The third kappa shape index (κ3) is 3.54. The van der Waals surface area contributed by atoms with Crippen LogP contribution < -0.4 is 4.72 Å². The van der Waals surface area contributed by atoms with Crippen LogP contribution in [0.15, 0.2) is 10.6 Å². The molecule has 96 valence electrons. The van der Waals surface area contributed by atoms with E-state index < -0.39 is 10.0 Å². The molecule has 5 nitrogen and oxygen atoms in total. The number of rotatable bonds is 4. The molecule has 1 saturated carbocycles. The van der Waals surface area contributed by atoms with Crippen LogP contribution in [0.5, 0.6) is 0 Å². The van der Waals surface area contributed by atoms with Gasteiger partial charge >= 0.3 is 0 Å². The second kappa shape index (κ2) is 4.78. The lowest BCUT2D eigenvalue weighted by molar-refractivity contribution is 0.392. The summed E-state index contributed by atoms with van der Waals surface area (Å²) >= 11 is 0. The van der Waals surface area contributed by atoms with Crippen LogP contribution in [0.1, 0.15) is 37.6 Å². The van der Waals surface area contributed by atoms with Crippen molar-refractivity contribution in [1.29, 1.82) is 0 Å². The molecule has 6 heteroatoms. The number of nitrogens with zero attached hydrogens (tertiary/aromatic N) is 1. The first-order valence-electron chi connectivity index (χ1n) is 5.87. The van der Waals surface area contributed by atoms with E-state index in [4.69, 9.17) is 4.52 Å². The molecule has 1 fully saturated rings. The fourth-order valence-corrected chi connectivity index (χ4v) is 3.62. The molecule has 0 spiro atoms. The van der Waals surface area contributed by atoms with Gasteiger partial charge in [0.1, 0.15) is 17.2 Å². The first-order valence-corrected chi connectivity index (χ1v) is 7.52. The molecular weight excluding hydrogens is 240 g/mol. The van der Waals surface area contributed by atoms with Crippen LogP contribution in [0, 0.1) is 12.8 Å². The van der Waals surface area contributed by atoms with Crippen LogP contribution in [-0.2, 0) is 15.8 Å². The number of nitrogens with one attached hydrogen (secondary N) is 1. The lowest BCUT2D eigenvalue weighted by atomic mass is 10.1. The van der Waals surface area contributed by atoms with E-state index in [9.17, 15) is 8.42 Å². The lowest BCUT2D eigenvalue weighted by Crippen LogP contribution is -2.33. The first-order chi connectivity index (χ1) is 7.94. The van der Waals surface area contributed by atoms with Crippen molar-refractivity contribution in [3.63, 3.8) is 0 Å². The molecule has 1 aliphatic rings. The molecule has 1 aliphatic carbocycles. The van der Waals surface area contributed by atoms with Crippen molar-refractivity contribution in [2.45, 2.75) is 44.9 Å². The van der Waals surface area contributed by atoms with E-state index in [0.29, 0.717) is 17.4 Å². The third-order valence-corrected chi connectivity index (χ3v) is 4.42. The Hall–Kier alpha value is -0.880. The van der Waals surface area contributed by atoms with E-state index in [1.165, 1.54) is 0 Å². The number of aryl methyl sites for hydroxylation is 1. The predicted molar refractivity (Wildman–Crippen MR) is 63.8 cm³/mol. The average molecular weight is 258 g/mol. The molecule has 2 unspecified atom stereocenters. The van der Waals surface area contributed by atoms with Crippen molar-refractivity contribution < 1.29 is 12.9 Å². The second-order valence-electron chi connectivity index (χ2n) is 4.92. The van der Waals surface area contributed by atoms with Crippen molar-refractivity contribution in [2.75, 3.05) is 0 Å². The van der Waals surface area contributed by atoms with Gasteiger partial charge in [0.15, 0.2) is 0 Å². The summed E-state index contributed by atoms with van der Waals surface area (Å²) < 4.78 is 31.3. The first kappa shape index (κ1) is 12.6. The van der Waals surface area contributed by atoms with Gasteiger partial charge in [-0.3, -0.25) is 0 Å². The highest BCUT2D eigenvalue weighted by Gasteiger charge is 2.26. The largest absolute Gasteiger partial charge is 0.361 e. The van der Waals surface area contributed by atoms with E-state index in [0.717, 1.165) is 19.3 Å². The SMILES string of the molecule is Cc1cc(CS(=O)(=O)NC2CCC(C)C2)no1. The maximum Gasteiger partial charge on any atom is 0.217 e. The van der Waals surface area contributed by atoms with Gasteiger partial charge in [-0.2, -0.15) is 0 Å². The summed E-state index contributed by atoms with van der Waals surface area (Å²) in [5.41, 5.74) is 0.459. The number of hydrogen-bond donors (Lipinski definition) is 1. The van der Waals surface area contributed by atoms with Gasteiger partial charge in [0.25, 0.3) is 0 Å². The maximum absolute atomic E-state index is 11.9. The summed E-state index contributed by atoms with van der Waals surface area (Å²) in [4.78, 5) is 0. The van der Waals surface area contributed by atoms with E-state index in [2.05, 4.69) is 16.8 Å². The Bertz CT molecular complexity index is 481. The van der Waals surface area contributed by atoms with Gasteiger partial charge in [-0.05, 0) is 32.1 Å². The van der Waals surface area contributed by atoms with Crippen LogP contribution in [0.2, 0.25) is 0 Å². The quantitative estimate of drug-likeness (QED) is 0.890. The summed E-state index contributed by atoms with van der Waals surface area (Å²) in [6.45, 7) is 3.89. The molecule has 1 heterocycles. The van der Waals surface area contributed by atoms with Gasteiger partial charge in [0.05, 0.1) is 0 Å². The van der Waals surface area contributed by atoms with Crippen molar-refractivity contribution in [3.8, 4) is 0 Å². The fourth-order valence-electron chi connectivity index (χ4n) is 2.29. The zero-order chi connectivity index (χ0) is 12.5. The van der Waals surface area contributed by atoms with Crippen molar-refractivity contribution >= 4 is 10.0 Å². The monoisotopic (exact) mass is 258 g/mol. The van der Waals surface area contributed by atoms with Gasteiger partial charge in [0.2, 0.25) is 10.0 Å². The van der Waals surface area contributed by atoms with Gasteiger partial charge in [0, 0.05) is 12.1 Å². The molecule has 1 N–H and O–H groups in total. The van der Waals surface area contributed by atoms with Crippen LogP contribution >= 0.6 is 0 Å². The van der Waals surface area contributed by atoms with Crippen molar-refractivity contribution in [3.05, 3.63) is 17.5 Å². The smallest absolute Gasteiger partial charge is 0.217 e. The molecule has 1 aromatic rings. The Kier molecular flexibility index (Phi) is 3.53. The van der Waals surface area contributed by atoms with Gasteiger partial charge < -0.3 is 4.52 Å². The molecule has 0 radical (unpaired) electrons. The minimum absolute atomic E-state index is 0.0861. The summed E-state index contributed by atoms with van der Waals surface area (Å²) in [5.74, 6) is 1.14. The highest BCUT2D eigenvalue weighted by atomic mass is 32.2. The minimum atomic E-state index is -3.30. The lowest BCUT2D eigenvalue weighted by Gasteiger charge is -2.11. The Labute approximate surface area is 102 Å². The molecule has 0 aliphatic heterocycles. The third-order valence-electron chi connectivity index (χ3n) is 3.06. The van der Waals surface area contributed by atoms with Crippen molar-refractivity contribution in [2.24, 2.45) is 5.92 Å². The highest BCUT2D eigenvalue weighted by Crippen LogP contribution is 2.25. The maximum atomic E-state index is 11.9. The zero-order valence-electron chi connectivity index (χ0n) is 10.1. The van der Waals surface area contributed by atoms with Gasteiger partial charge in [-0.25, -0.2) is 13.1 Å². The zero-order valence-corrected chi connectivity index (χ0v) is 11.0. The number of aromatic nitrogens is 1. The molecule has 2 atom stereocenters. The topological polar surface area (TPSA) is 72.2 Å². The molecular formula is C11H18N2O3S. The summed E-state index contributed by atoms with van der Waals surface area (Å²) in [6.07, 6.45) is 2.95. The molecule has 1 aromatic heterocycles. The van der Waals surface area contributed by atoms with Crippen LogP contribution in [0.3, 0.4) is 0 Å². The highest BCUT2D eigenvalue weighted by molar-refractivity contribution is 7.88. The summed E-state index contributed by atoms with van der Waals surface area (Å²) in [5, 5.41) is 3.70. The number of sulfonamides is 1. The molecule has 0 bridgehead atoms. The standard InChI is InChI=1S/C11H18N2O3S/c1-8-3-4-10(5-8)13-17(14,15)7-11-6-9(2)16-12-11/h6,8,10,13H,3-5,7H2,1-2H3. The normalized spacial score (nSPS) is 25.3. The Balaban J connectivity index is 1.95. The molecule has 17 heavy (non-hydrogen) atoms. The van der Waals surface area contributed by atoms with Crippen LogP contribution in [0.4, 0.5) is 0 Å². The molecule has 0 aromatic carbocycles. The van der Waals surface area contributed by atoms with Gasteiger partial charge in [-0.1, -0.05) is 12.1 Å². The Morgan fingerprint density at radius 1 is 1.53 bits per heavy atom. The second-order valence-corrected chi connectivity index (χ2v) is 6.67. The predicted octanol–water partition coefficient (Wildman–Crippen LogP) is 1.59. The Morgan fingerprint density at radius 2 is 2.29 bits per heavy atom. The van der Waals surface area contributed by atoms with Crippen molar-refractivity contribution in [1.82, 2.24) is 9.88 Å². The van der Waals surface area contributed by atoms with E-state index in [-0.39, 0.29) is 11.8 Å². The van der Waals surface area contributed by atoms with E-state index in [1.54, 1.807) is 13.0 Å². The fraction of sp³-hybridized carbons (Fsp3) is 0.727. The van der Waals surface area contributed by atoms with Crippen LogP contribution in [-0.4, -0.2) is 19.6 Å². The van der Waals surface area contributed by atoms with Crippen LogP contribution in [0.25, 0.3) is 0 Å². The Morgan fingerprint density at radius 3 is 2.82 bits per heavy atom. The molecule has 0 amide bonds. The average Bonchev–Trinajstić information content (AvgIpc) is 2.74. The summed E-state index contributed by atoms with van der Waals surface area (Å²) in [7, 11) is -3.30. The minimum Gasteiger partial charge on any atom is -0.361 e. The van der Waals surface area contributed by atoms with E-state index in [1.807, 2.05) is 0 Å².